The molecule has 0 fully saturated rings. The molecule has 2 aromatic rings. The molecule has 0 aliphatic carbocycles. The van der Waals surface area contributed by atoms with E-state index in [0.29, 0.717) is 5.56 Å². The first-order valence-electron chi connectivity index (χ1n) is 7.37. The molecule has 0 unspecified atom stereocenters. The molecule has 0 saturated carbocycles. The van der Waals surface area contributed by atoms with Gasteiger partial charge in [0.15, 0.2) is 6.10 Å². The maximum Gasteiger partial charge on any atom is 0.328 e. The lowest BCUT2D eigenvalue weighted by Gasteiger charge is -2.19. The minimum absolute atomic E-state index is 0.251. The van der Waals surface area contributed by atoms with Gasteiger partial charge in [-0.05, 0) is 17.2 Å². The van der Waals surface area contributed by atoms with E-state index in [4.69, 9.17) is 4.74 Å². The standard InChI is InChI=1S/C18H18BrNO4/c1-24-18(23)15(11-13-9-5-6-10-14(13)19)20-17(22)16(21)12-7-3-2-4-8-12/h2-10,15-16,21H,11H2,1H3,(H,20,22)/t15-,16+/m1/s1. The number of aliphatic hydroxyl groups excluding tert-OH is 1. The van der Waals surface area contributed by atoms with E-state index in [1.54, 1.807) is 30.3 Å². The molecule has 2 rings (SSSR count). The van der Waals surface area contributed by atoms with Gasteiger partial charge in [-0.3, -0.25) is 4.79 Å². The van der Waals surface area contributed by atoms with Crippen molar-refractivity contribution in [2.24, 2.45) is 0 Å². The maximum absolute atomic E-state index is 12.3. The monoisotopic (exact) mass is 391 g/mol. The molecule has 0 spiro atoms. The molecule has 24 heavy (non-hydrogen) atoms. The van der Waals surface area contributed by atoms with Gasteiger partial charge in [0.05, 0.1) is 7.11 Å². The highest BCUT2D eigenvalue weighted by molar-refractivity contribution is 9.10. The summed E-state index contributed by atoms with van der Waals surface area (Å²) in [5, 5.41) is 12.7. The Hall–Kier alpha value is -2.18. The molecule has 6 heteroatoms. The summed E-state index contributed by atoms with van der Waals surface area (Å²) >= 11 is 3.41. The Kier molecular flexibility index (Phi) is 6.52. The SMILES string of the molecule is COC(=O)[C@@H](Cc1ccccc1Br)NC(=O)[C@@H](O)c1ccccc1. The van der Waals surface area contributed by atoms with Crippen molar-refractivity contribution < 1.29 is 19.4 Å². The summed E-state index contributed by atoms with van der Waals surface area (Å²) < 4.78 is 5.59. The molecular formula is C18H18BrNO4. The van der Waals surface area contributed by atoms with E-state index in [9.17, 15) is 14.7 Å². The summed E-state index contributed by atoms with van der Waals surface area (Å²) in [6.07, 6.45) is -1.10. The van der Waals surface area contributed by atoms with Crippen molar-refractivity contribution in [1.29, 1.82) is 0 Å². The van der Waals surface area contributed by atoms with Gasteiger partial charge in [0.2, 0.25) is 0 Å². The minimum atomic E-state index is -1.35. The molecule has 1 amide bonds. The lowest BCUT2D eigenvalue weighted by molar-refractivity contribution is -0.146. The fraction of sp³-hybridized carbons (Fsp3) is 0.222. The molecule has 0 radical (unpaired) electrons. The number of amides is 1. The fourth-order valence-electron chi connectivity index (χ4n) is 2.26. The normalized spacial score (nSPS) is 13.0. The van der Waals surface area contributed by atoms with Crippen molar-refractivity contribution in [3.05, 3.63) is 70.2 Å². The number of hydrogen-bond donors (Lipinski definition) is 2. The second-order valence-corrected chi connectivity index (χ2v) is 6.05. The van der Waals surface area contributed by atoms with E-state index < -0.39 is 24.0 Å². The van der Waals surface area contributed by atoms with Gasteiger partial charge >= 0.3 is 5.97 Å². The Morgan fingerprint density at radius 1 is 1.12 bits per heavy atom. The van der Waals surface area contributed by atoms with Crippen LogP contribution < -0.4 is 5.32 Å². The molecule has 0 aliphatic heterocycles. The number of nitrogens with one attached hydrogen (secondary N) is 1. The van der Waals surface area contributed by atoms with Gasteiger partial charge in [-0.1, -0.05) is 64.5 Å². The number of ether oxygens (including phenoxy) is 1. The van der Waals surface area contributed by atoms with Gasteiger partial charge in [-0.15, -0.1) is 0 Å². The first-order chi connectivity index (χ1) is 11.5. The fourth-order valence-corrected chi connectivity index (χ4v) is 2.70. The Morgan fingerprint density at radius 2 is 1.75 bits per heavy atom. The van der Waals surface area contributed by atoms with Crippen molar-refractivity contribution in [2.45, 2.75) is 18.6 Å². The third-order valence-corrected chi connectivity index (χ3v) is 4.32. The van der Waals surface area contributed by atoms with Crippen molar-refractivity contribution in [3.63, 3.8) is 0 Å². The van der Waals surface area contributed by atoms with Crippen molar-refractivity contribution in [2.75, 3.05) is 7.11 Å². The number of esters is 1. The van der Waals surface area contributed by atoms with Crippen LogP contribution in [0, 0.1) is 0 Å². The van der Waals surface area contributed by atoms with Gasteiger partial charge in [0.1, 0.15) is 6.04 Å². The average Bonchev–Trinajstić information content (AvgIpc) is 2.62. The minimum Gasteiger partial charge on any atom is -0.467 e. The van der Waals surface area contributed by atoms with Gasteiger partial charge in [0, 0.05) is 10.9 Å². The van der Waals surface area contributed by atoms with Gasteiger partial charge in [-0.25, -0.2) is 4.79 Å². The molecular weight excluding hydrogens is 374 g/mol. The number of carbonyl (C=O) groups excluding carboxylic acids is 2. The van der Waals surface area contributed by atoms with Gasteiger partial charge in [-0.2, -0.15) is 0 Å². The highest BCUT2D eigenvalue weighted by atomic mass is 79.9. The zero-order valence-corrected chi connectivity index (χ0v) is 14.7. The molecule has 2 N–H and O–H groups in total. The summed E-state index contributed by atoms with van der Waals surface area (Å²) in [6, 6.07) is 15.0. The van der Waals surface area contributed by atoms with Crippen LogP contribution in [-0.2, 0) is 20.7 Å². The van der Waals surface area contributed by atoms with Gasteiger partial charge in [0.25, 0.3) is 5.91 Å². The average molecular weight is 392 g/mol. The highest BCUT2D eigenvalue weighted by Crippen LogP contribution is 2.19. The van der Waals surface area contributed by atoms with Crippen molar-refractivity contribution in [1.82, 2.24) is 5.32 Å². The molecule has 0 bridgehead atoms. The van der Waals surface area contributed by atoms with Crippen LogP contribution in [0.15, 0.2) is 59.1 Å². The quantitative estimate of drug-likeness (QED) is 0.741. The van der Waals surface area contributed by atoms with Crippen LogP contribution >= 0.6 is 15.9 Å². The highest BCUT2D eigenvalue weighted by Gasteiger charge is 2.26. The smallest absolute Gasteiger partial charge is 0.328 e. The van der Waals surface area contributed by atoms with Crippen LogP contribution in [-0.4, -0.2) is 30.1 Å². The molecule has 126 valence electrons. The zero-order valence-electron chi connectivity index (χ0n) is 13.1. The molecule has 0 heterocycles. The summed E-state index contributed by atoms with van der Waals surface area (Å²) in [5.41, 5.74) is 1.31. The van der Waals surface area contributed by atoms with Crippen LogP contribution in [0.4, 0.5) is 0 Å². The Balaban J connectivity index is 2.13. The molecule has 0 aliphatic rings. The van der Waals surface area contributed by atoms with E-state index in [1.165, 1.54) is 7.11 Å². The number of carbonyl (C=O) groups is 2. The first kappa shape index (κ1) is 18.2. The maximum atomic E-state index is 12.3. The number of hydrogen-bond acceptors (Lipinski definition) is 4. The van der Waals surface area contributed by atoms with E-state index in [2.05, 4.69) is 21.2 Å². The molecule has 0 saturated heterocycles. The molecule has 2 atom stereocenters. The Morgan fingerprint density at radius 3 is 2.38 bits per heavy atom. The molecule has 0 aromatic heterocycles. The second kappa shape index (κ2) is 8.61. The number of rotatable bonds is 6. The van der Waals surface area contributed by atoms with Gasteiger partial charge < -0.3 is 15.2 Å². The summed E-state index contributed by atoms with van der Waals surface area (Å²) in [6.45, 7) is 0. The Labute approximate surface area is 148 Å². The van der Waals surface area contributed by atoms with E-state index >= 15 is 0 Å². The summed E-state index contributed by atoms with van der Waals surface area (Å²) in [5.74, 6) is -1.22. The predicted molar refractivity (Wildman–Crippen MR) is 93.2 cm³/mol. The lowest BCUT2D eigenvalue weighted by Crippen LogP contribution is -2.45. The topological polar surface area (TPSA) is 75.6 Å². The number of aliphatic hydroxyl groups is 1. The van der Waals surface area contributed by atoms with Crippen LogP contribution in [0.3, 0.4) is 0 Å². The van der Waals surface area contributed by atoms with E-state index in [-0.39, 0.29) is 6.42 Å². The number of halogens is 1. The van der Waals surface area contributed by atoms with Crippen molar-refractivity contribution in [3.8, 4) is 0 Å². The van der Waals surface area contributed by atoms with E-state index in [0.717, 1.165) is 10.0 Å². The van der Waals surface area contributed by atoms with Crippen molar-refractivity contribution >= 4 is 27.8 Å². The van der Waals surface area contributed by atoms with Crippen LogP contribution in [0.2, 0.25) is 0 Å². The molecule has 2 aromatic carbocycles. The number of benzene rings is 2. The summed E-state index contributed by atoms with van der Waals surface area (Å²) in [7, 11) is 1.26. The Bertz CT molecular complexity index is 705. The van der Waals surface area contributed by atoms with Crippen LogP contribution in [0.25, 0.3) is 0 Å². The number of methoxy groups -OCH3 is 1. The second-order valence-electron chi connectivity index (χ2n) is 5.19. The van der Waals surface area contributed by atoms with Crippen LogP contribution in [0.5, 0.6) is 0 Å². The lowest BCUT2D eigenvalue weighted by atomic mass is 10.0. The van der Waals surface area contributed by atoms with Crippen LogP contribution in [0.1, 0.15) is 17.2 Å². The third-order valence-electron chi connectivity index (χ3n) is 3.55. The zero-order chi connectivity index (χ0) is 17.5. The predicted octanol–water partition coefficient (Wildman–Crippen LogP) is 2.38. The largest absolute Gasteiger partial charge is 0.467 e. The summed E-state index contributed by atoms with van der Waals surface area (Å²) in [4.78, 5) is 24.3. The molecule has 5 nitrogen and oxygen atoms in total. The first-order valence-corrected chi connectivity index (χ1v) is 8.17. The van der Waals surface area contributed by atoms with E-state index in [1.807, 2.05) is 24.3 Å². The third kappa shape index (κ3) is 4.66.